The summed E-state index contributed by atoms with van der Waals surface area (Å²) in [5, 5.41) is 5.95. The summed E-state index contributed by atoms with van der Waals surface area (Å²) in [7, 11) is 0. The molecule has 0 aliphatic carbocycles. The number of nitrogens with one attached hydrogen (secondary N) is 2. The number of anilines is 2. The van der Waals surface area contributed by atoms with Crippen molar-refractivity contribution in [3.05, 3.63) is 61.2 Å². The Balaban J connectivity index is 1.79. The van der Waals surface area contributed by atoms with Gasteiger partial charge in [0.15, 0.2) is 0 Å². The van der Waals surface area contributed by atoms with Crippen molar-refractivity contribution in [3.8, 4) is 11.5 Å². The average Bonchev–Trinajstić information content (AvgIpc) is 2.66. The van der Waals surface area contributed by atoms with Gasteiger partial charge in [0.1, 0.15) is 18.1 Å². The van der Waals surface area contributed by atoms with Gasteiger partial charge in [-0.3, -0.25) is 4.79 Å². The molecule has 0 heterocycles. The van der Waals surface area contributed by atoms with Crippen molar-refractivity contribution in [3.63, 3.8) is 0 Å². The Labute approximate surface area is 155 Å². The molecule has 5 heteroatoms. The number of hydrogen-bond donors (Lipinski definition) is 2. The van der Waals surface area contributed by atoms with Crippen LogP contribution in [0.1, 0.15) is 19.8 Å². The largest absolute Gasteiger partial charge is 0.494 e. The van der Waals surface area contributed by atoms with E-state index in [9.17, 15) is 4.79 Å². The van der Waals surface area contributed by atoms with E-state index in [4.69, 9.17) is 9.47 Å². The molecule has 138 valence electrons. The minimum Gasteiger partial charge on any atom is -0.494 e. The molecule has 0 aromatic heterocycles. The standard InChI is InChI=1S/C21H26N2O3/c1-3-5-14-26-20-8-6-7-18(15-20)23-21(24)16-22-17-9-11-19(12-10-17)25-13-4-2/h4,6-12,15,22H,2-3,5,13-14,16H2,1H3,(H,23,24). The van der Waals surface area contributed by atoms with E-state index in [1.54, 1.807) is 6.08 Å². The zero-order chi connectivity index (χ0) is 18.6. The minimum absolute atomic E-state index is 0.123. The molecule has 0 atom stereocenters. The summed E-state index contributed by atoms with van der Waals surface area (Å²) in [6, 6.07) is 14.9. The lowest BCUT2D eigenvalue weighted by Crippen LogP contribution is -2.21. The van der Waals surface area contributed by atoms with Crippen LogP contribution in [0.5, 0.6) is 11.5 Å². The van der Waals surface area contributed by atoms with Gasteiger partial charge in [-0.25, -0.2) is 0 Å². The summed E-state index contributed by atoms with van der Waals surface area (Å²) in [4.78, 5) is 12.1. The van der Waals surface area contributed by atoms with Crippen LogP contribution in [0, 0.1) is 0 Å². The Kier molecular flexibility index (Phi) is 8.06. The van der Waals surface area contributed by atoms with Crippen LogP contribution in [0.15, 0.2) is 61.2 Å². The molecule has 0 bridgehead atoms. The molecule has 0 radical (unpaired) electrons. The average molecular weight is 354 g/mol. The summed E-state index contributed by atoms with van der Waals surface area (Å²) in [5.74, 6) is 1.40. The first-order chi connectivity index (χ1) is 12.7. The fourth-order valence-electron chi connectivity index (χ4n) is 2.21. The number of hydrogen-bond acceptors (Lipinski definition) is 4. The highest BCUT2D eigenvalue weighted by Gasteiger charge is 2.04. The van der Waals surface area contributed by atoms with Gasteiger partial charge in [-0.15, -0.1) is 0 Å². The quantitative estimate of drug-likeness (QED) is 0.461. The lowest BCUT2D eigenvalue weighted by Gasteiger charge is -2.10. The van der Waals surface area contributed by atoms with Crippen molar-refractivity contribution < 1.29 is 14.3 Å². The van der Waals surface area contributed by atoms with Gasteiger partial charge in [-0.2, -0.15) is 0 Å². The van der Waals surface area contributed by atoms with Crippen LogP contribution >= 0.6 is 0 Å². The molecule has 0 aliphatic heterocycles. The molecule has 0 spiro atoms. The van der Waals surface area contributed by atoms with Gasteiger partial charge >= 0.3 is 0 Å². The molecule has 0 fully saturated rings. The van der Waals surface area contributed by atoms with Gasteiger partial charge in [0, 0.05) is 17.4 Å². The second-order valence-corrected chi connectivity index (χ2v) is 5.76. The lowest BCUT2D eigenvalue weighted by molar-refractivity contribution is -0.114. The predicted molar refractivity (Wildman–Crippen MR) is 106 cm³/mol. The van der Waals surface area contributed by atoms with E-state index in [1.807, 2.05) is 48.5 Å². The molecule has 26 heavy (non-hydrogen) atoms. The summed E-state index contributed by atoms with van der Waals surface area (Å²) < 4.78 is 11.1. The molecule has 0 aliphatic rings. The maximum atomic E-state index is 12.1. The molecule has 0 saturated heterocycles. The fourth-order valence-corrected chi connectivity index (χ4v) is 2.21. The van der Waals surface area contributed by atoms with E-state index in [0.29, 0.717) is 13.2 Å². The third-order valence-electron chi connectivity index (χ3n) is 3.56. The van der Waals surface area contributed by atoms with E-state index >= 15 is 0 Å². The summed E-state index contributed by atoms with van der Waals surface area (Å²) in [6.45, 7) is 7.06. The van der Waals surface area contributed by atoms with Crippen LogP contribution in [0.2, 0.25) is 0 Å². The molecular formula is C21H26N2O3. The number of amides is 1. The second-order valence-electron chi connectivity index (χ2n) is 5.76. The van der Waals surface area contributed by atoms with Crippen molar-refractivity contribution in [1.29, 1.82) is 0 Å². The molecule has 1 amide bonds. The Morgan fingerprint density at radius 3 is 2.62 bits per heavy atom. The van der Waals surface area contributed by atoms with E-state index in [1.165, 1.54) is 0 Å². The topological polar surface area (TPSA) is 59.6 Å². The lowest BCUT2D eigenvalue weighted by atomic mass is 10.3. The van der Waals surface area contributed by atoms with Gasteiger partial charge < -0.3 is 20.1 Å². The van der Waals surface area contributed by atoms with Crippen LogP contribution in [-0.2, 0) is 4.79 Å². The van der Waals surface area contributed by atoms with Crippen LogP contribution in [-0.4, -0.2) is 25.7 Å². The molecular weight excluding hydrogens is 328 g/mol. The van der Waals surface area contributed by atoms with Gasteiger partial charge in [0.2, 0.25) is 5.91 Å². The normalized spacial score (nSPS) is 10.0. The third-order valence-corrected chi connectivity index (χ3v) is 3.56. The van der Waals surface area contributed by atoms with Gasteiger partial charge in [-0.05, 0) is 42.8 Å². The molecule has 2 aromatic carbocycles. The van der Waals surface area contributed by atoms with Gasteiger partial charge in [0.25, 0.3) is 0 Å². The highest BCUT2D eigenvalue weighted by Crippen LogP contribution is 2.18. The first-order valence-electron chi connectivity index (χ1n) is 8.81. The molecule has 2 rings (SSSR count). The van der Waals surface area contributed by atoms with Crippen molar-refractivity contribution in [2.75, 3.05) is 30.4 Å². The number of benzene rings is 2. The Morgan fingerprint density at radius 1 is 1.08 bits per heavy atom. The number of rotatable bonds is 11. The molecule has 2 N–H and O–H groups in total. The Morgan fingerprint density at radius 2 is 1.88 bits per heavy atom. The Hall–Kier alpha value is -2.95. The first kappa shape index (κ1) is 19.4. The summed E-state index contributed by atoms with van der Waals surface area (Å²) in [6.07, 6.45) is 3.79. The Bertz CT molecular complexity index is 699. The number of unbranched alkanes of at least 4 members (excludes halogenated alkanes) is 1. The van der Waals surface area contributed by atoms with Crippen molar-refractivity contribution in [2.45, 2.75) is 19.8 Å². The summed E-state index contributed by atoms with van der Waals surface area (Å²) >= 11 is 0. The van der Waals surface area contributed by atoms with Crippen LogP contribution < -0.4 is 20.1 Å². The SMILES string of the molecule is C=CCOc1ccc(NCC(=O)Nc2cccc(OCCCC)c2)cc1. The van der Waals surface area contributed by atoms with Crippen molar-refractivity contribution in [2.24, 2.45) is 0 Å². The smallest absolute Gasteiger partial charge is 0.243 e. The maximum absolute atomic E-state index is 12.1. The molecule has 0 unspecified atom stereocenters. The third kappa shape index (κ3) is 6.89. The van der Waals surface area contributed by atoms with Gasteiger partial charge in [-0.1, -0.05) is 32.1 Å². The van der Waals surface area contributed by atoms with Crippen LogP contribution in [0.4, 0.5) is 11.4 Å². The maximum Gasteiger partial charge on any atom is 0.243 e. The summed E-state index contributed by atoms with van der Waals surface area (Å²) in [5.41, 5.74) is 1.57. The highest BCUT2D eigenvalue weighted by atomic mass is 16.5. The number of carbonyl (C=O) groups excluding carboxylic acids is 1. The van der Waals surface area contributed by atoms with Gasteiger partial charge in [0.05, 0.1) is 13.2 Å². The van der Waals surface area contributed by atoms with E-state index in [0.717, 1.165) is 35.7 Å². The van der Waals surface area contributed by atoms with E-state index in [-0.39, 0.29) is 12.5 Å². The monoisotopic (exact) mass is 354 g/mol. The molecule has 0 saturated carbocycles. The highest BCUT2D eigenvalue weighted by molar-refractivity contribution is 5.93. The number of carbonyl (C=O) groups is 1. The van der Waals surface area contributed by atoms with E-state index < -0.39 is 0 Å². The zero-order valence-electron chi connectivity index (χ0n) is 15.2. The van der Waals surface area contributed by atoms with Crippen molar-refractivity contribution in [1.82, 2.24) is 0 Å². The van der Waals surface area contributed by atoms with E-state index in [2.05, 4.69) is 24.1 Å². The molecule has 2 aromatic rings. The first-order valence-corrected chi connectivity index (χ1v) is 8.81. The number of ether oxygens (including phenoxy) is 2. The second kappa shape index (κ2) is 10.8. The van der Waals surface area contributed by atoms with Crippen LogP contribution in [0.25, 0.3) is 0 Å². The predicted octanol–water partition coefficient (Wildman–Crippen LogP) is 4.48. The molecule has 5 nitrogen and oxygen atoms in total. The minimum atomic E-state index is -0.123. The van der Waals surface area contributed by atoms with Crippen molar-refractivity contribution >= 4 is 17.3 Å². The fraction of sp³-hybridized carbons (Fsp3) is 0.286. The van der Waals surface area contributed by atoms with Crippen LogP contribution in [0.3, 0.4) is 0 Å². The zero-order valence-corrected chi connectivity index (χ0v) is 15.2.